The second-order valence-electron chi connectivity index (χ2n) is 6.04. The molecule has 0 bridgehead atoms. The maximum absolute atomic E-state index is 12.3. The van der Waals surface area contributed by atoms with E-state index in [0.717, 1.165) is 0 Å². The maximum atomic E-state index is 12.3. The number of hydrogen-bond acceptors (Lipinski definition) is 8. The minimum absolute atomic E-state index is 0.0643. The van der Waals surface area contributed by atoms with Gasteiger partial charge >= 0.3 is 11.3 Å². The van der Waals surface area contributed by atoms with Gasteiger partial charge in [-0.05, 0) is 42.8 Å². The molecule has 0 amide bonds. The molecule has 0 fully saturated rings. The van der Waals surface area contributed by atoms with Crippen LogP contribution in [0.15, 0.2) is 54.8 Å². The lowest BCUT2D eigenvalue weighted by molar-refractivity contribution is 0.359. The number of rotatable bonds is 3. The summed E-state index contributed by atoms with van der Waals surface area (Å²) in [6, 6.07) is 8.40. The van der Waals surface area contributed by atoms with Crippen LogP contribution in [0, 0.1) is 0 Å². The maximum Gasteiger partial charge on any atom is 0.346 e. The van der Waals surface area contributed by atoms with E-state index >= 15 is 0 Å². The SMILES string of the molecule is CCC(c1nc2ccc(O)cc2c(=O)o1)c1nc2ccc(O)cc2c(=O)o1. The van der Waals surface area contributed by atoms with Crippen molar-refractivity contribution >= 4 is 21.8 Å². The van der Waals surface area contributed by atoms with Gasteiger partial charge in [0.05, 0.1) is 21.8 Å². The summed E-state index contributed by atoms with van der Waals surface area (Å²) in [5.74, 6) is -0.658. The fraction of sp³-hybridized carbons (Fsp3) is 0.158. The molecule has 0 spiro atoms. The van der Waals surface area contributed by atoms with Gasteiger partial charge in [0.2, 0.25) is 11.8 Å². The molecule has 2 N–H and O–H groups in total. The van der Waals surface area contributed by atoms with Crippen molar-refractivity contribution in [2.45, 2.75) is 19.3 Å². The molecule has 0 radical (unpaired) electrons. The Morgan fingerprint density at radius 3 is 1.70 bits per heavy atom. The van der Waals surface area contributed by atoms with E-state index in [1.54, 1.807) is 0 Å². The topological polar surface area (TPSA) is 127 Å². The molecule has 0 aliphatic heterocycles. The standard InChI is InChI=1S/C19H14N2O6/c1-2-11(16-20-14-5-3-9(22)7-12(14)18(24)26-16)17-21-15-6-4-10(23)8-13(15)19(25)27-17/h3-8,11,22-23H,2H2,1H3. The van der Waals surface area contributed by atoms with Crippen molar-refractivity contribution in [2.75, 3.05) is 0 Å². The van der Waals surface area contributed by atoms with E-state index in [0.29, 0.717) is 17.5 Å². The highest BCUT2D eigenvalue weighted by Gasteiger charge is 2.24. The predicted octanol–water partition coefficient (Wildman–Crippen LogP) is 2.64. The minimum atomic E-state index is -0.655. The fourth-order valence-corrected chi connectivity index (χ4v) is 2.91. The zero-order chi connectivity index (χ0) is 19.1. The van der Waals surface area contributed by atoms with E-state index in [9.17, 15) is 19.8 Å². The molecule has 0 unspecified atom stereocenters. The van der Waals surface area contributed by atoms with Gasteiger partial charge in [-0.25, -0.2) is 19.6 Å². The Hall–Kier alpha value is -3.68. The number of benzene rings is 2. The van der Waals surface area contributed by atoms with Gasteiger partial charge in [0.1, 0.15) is 17.4 Å². The summed E-state index contributed by atoms with van der Waals surface area (Å²) in [6.45, 7) is 1.82. The molecular formula is C19H14N2O6. The van der Waals surface area contributed by atoms with Gasteiger partial charge in [0.25, 0.3) is 0 Å². The van der Waals surface area contributed by atoms with E-state index in [1.807, 2.05) is 6.92 Å². The van der Waals surface area contributed by atoms with Crippen molar-refractivity contribution in [3.8, 4) is 11.5 Å². The van der Waals surface area contributed by atoms with Crippen LogP contribution in [0.5, 0.6) is 11.5 Å². The smallest absolute Gasteiger partial charge is 0.346 e. The molecule has 2 aromatic heterocycles. The monoisotopic (exact) mass is 366 g/mol. The number of phenols is 2. The Bertz CT molecular complexity index is 1190. The lowest BCUT2D eigenvalue weighted by Gasteiger charge is -2.11. The molecule has 0 aliphatic rings. The van der Waals surface area contributed by atoms with E-state index in [4.69, 9.17) is 8.83 Å². The second kappa shape index (κ2) is 6.24. The van der Waals surface area contributed by atoms with Crippen LogP contribution in [0.25, 0.3) is 21.8 Å². The first-order valence-corrected chi connectivity index (χ1v) is 8.24. The molecule has 8 heteroatoms. The fourth-order valence-electron chi connectivity index (χ4n) is 2.91. The van der Waals surface area contributed by atoms with Crippen LogP contribution in [0.4, 0.5) is 0 Å². The number of phenolic OH excluding ortho intramolecular Hbond substituents is 2. The Morgan fingerprint density at radius 2 is 1.30 bits per heavy atom. The van der Waals surface area contributed by atoms with Gasteiger partial charge in [-0.1, -0.05) is 6.92 Å². The van der Waals surface area contributed by atoms with Crippen molar-refractivity contribution in [2.24, 2.45) is 0 Å². The Morgan fingerprint density at radius 1 is 0.852 bits per heavy atom. The highest BCUT2D eigenvalue weighted by molar-refractivity contribution is 5.79. The van der Waals surface area contributed by atoms with Gasteiger partial charge in [-0.3, -0.25) is 0 Å². The van der Waals surface area contributed by atoms with Crippen LogP contribution in [0.1, 0.15) is 31.0 Å². The third-order valence-corrected chi connectivity index (χ3v) is 4.26. The molecular weight excluding hydrogens is 352 g/mol. The molecule has 0 aliphatic carbocycles. The van der Waals surface area contributed by atoms with E-state index in [2.05, 4.69) is 9.97 Å². The predicted molar refractivity (Wildman–Crippen MR) is 96.0 cm³/mol. The zero-order valence-corrected chi connectivity index (χ0v) is 14.2. The number of aromatic nitrogens is 2. The second-order valence-corrected chi connectivity index (χ2v) is 6.04. The number of nitrogens with zero attached hydrogens (tertiary/aromatic N) is 2. The molecule has 8 nitrogen and oxygen atoms in total. The van der Waals surface area contributed by atoms with Crippen LogP contribution < -0.4 is 11.3 Å². The van der Waals surface area contributed by atoms with Gasteiger partial charge < -0.3 is 19.0 Å². The van der Waals surface area contributed by atoms with Gasteiger partial charge in [0.15, 0.2) is 0 Å². The molecule has 0 saturated heterocycles. The van der Waals surface area contributed by atoms with Gasteiger partial charge in [-0.15, -0.1) is 0 Å². The summed E-state index contributed by atoms with van der Waals surface area (Å²) < 4.78 is 10.6. The van der Waals surface area contributed by atoms with Crippen LogP contribution >= 0.6 is 0 Å². The van der Waals surface area contributed by atoms with E-state index in [1.165, 1.54) is 36.4 Å². The number of fused-ring (bicyclic) bond motifs is 2. The first kappa shape index (κ1) is 16.8. The molecule has 27 heavy (non-hydrogen) atoms. The Balaban J connectivity index is 1.90. The van der Waals surface area contributed by atoms with Gasteiger partial charge in [0, 0.05) is 0 Å². The zero-order valence-electron chi connectivity index (χ0n) is 14.2. The first-order valence-electron chi connectivity index (χ1n) is 8.24. The Kier molecular flexibility index (Phi) is 3.88. The van der Waals surface area contributed by atoms with E-state index < -0.39 is 17.2 Å². The first-order chi connectivity index (χ1) is 13.0. The molecule has 2 aromatic carbocycles. The summed E-state index contributed by atoms with van der Waals surface area (Å²) in [6.07, 6.45) is 0.416. The van der Waals surface area contributed by atoms with Crippen LogP contribution in [0.3, 0.4) is 0 Å². The number of hydrogen-bond donors (Lipinski definition) is 2. The third-order valence-electron chi connectivity index (χ3n) is 4.26. The van der Waals surface area contributed by atoms with Crippen molar-refractivity contribution in [3.05, 3.63) is 69.0 Å². The molecule has 2 heterocycles. The number of aromatic hydroxyl groups is 2. The molecule has 136 valence electrons. The average Bonchev–Trinajstić information content (AvgIpc) is 2.64. The summed E-state index contributed by atoms with van der Waals surface area (Å²) in [5, 5.41) is 19.3. The minimum Gasteiger partial charge on any atom is -0.508 e. The summed E-state index contributed by atoms with van der Waals surface area (Å²) in [4.78, 5) is 33.2. The molecule has 0 atom stereocenters. The van der Waals surface area contributed by atoms with Crippen LogP contribution in [-0.2, 0) is 0 Å². The summed E-state index contributed by atoms with van der Waals surface area (Å²) in [7, 11) is 0. The lowest BCUT2D eigenvalue weighted by atomic mass is 10.1. The lowest BCUT2D eigenvalue weighted by Crippen LogP contribution is -2.13. The normalized spacial score (nSPS) is 11.5. The average molecular weight is 366 g/mol. The molecule has 4 aromatic rings. The van der Waals surface area contributed by atoms with Crippen LogP contribution in [-0.4, -0.2) is 20.2 Å². The molecule has 0 saturated carbocycles. The highest BCUT2D eigenvalue weighted by Crippen LogP contribution is 2.27. The quantitative estimate of drug-likeness (QED) is 0.566. The van der Waals surface area contributed by atoms with Crippen molar-refractivity contribution < 1.29 is 19.0 Å². The Labute approximate surface area is 151 Å². The van der Waals surface area contributed by atoms with Gasteiger partial charge in [-0.2, -0.15) is 0 Å². The molecule has 4 rings (SSSR count). The van der Waals surface area contributed by atoms with Crippen molar-refractivity contribution in [1.82, 2.24) is 9.97 Å². The summed E-state index contributed by atoms with van der Waals surface area (Å²) in [5.41, 5.74) is -0.606. The third kappa shape index (κ3) is 2.91. The van der Waals surface area contributed by atoms with Crippen LogP contribution in [0.2, 0.25) is 0 Å². The van der Waals surface area contributed by atoms with Crippen molar-refractivity contribution in [3.63, 3.8) is 0 Å². The van der Waals surface area contributed by atoms with E-state index in [-0.39, 0.29) is 34.1 Å². The summed E-state index contributed by atoms with van der Waals surface area (Å²) >= 11 is 0. The van der Waals surface area contributed by atoms with Crippen molar-refractivity contribution in [1.29, 1.82) is 0 Å². The largest absolute Gasteiger partial charge is 0.508 e. The highest BCUT2D eigenvalue weighted by atomic mass is 16.4.